The fourth-order valence-electron chi connectivity index (χ4n) is 3.24. The molecule has 2 aromatic rings. The normalized spacial score (nSPS) is 17.0. The topological polar surface area (TPSA) is 47.2 Å². The minimum Gasteiger partial charge on any atom is -0.408 e. The smallest absolute Gasteiger partial charge is 0.408 e. The third-order valence-electron chi connectivity index (χ3n) is 4.66. The van der Waals surface area contributed by atoms with Crippen LogP contribution in [0.5, 0.6) is 0 Å². The van der Waals surface area contributed by atoms with Gasteiger partial charge in [0.1, 0.15) is 0 Å². The van der Waals surface area contributed by atoms with E-state index in [1.165, 1.54) is 31.2 Å². The molecular formula is C17H24N2O2. The highest BCUT2D eigenvalue weighted by Crippen LogP contribution is 2.35. The second-order valence-corrected chi connectivity index (χ2v) is 5.98. The Bertz CT molecular complexity index is 667. The number of nitrogens with one attached hydrogen (secondary N) is 1. The molecule has 1 saturated carbocycles. The molecule has 0 aliphatic heterocycles. The molecule has 0 radical (unpaired) electrons. The monoisotopic (exact) mass is 288 g/mol. The maximum Gasteiger partial charge on any atom is 0.419 e. The third-order valence-corrected chi connectivity index (χ3v) is 4.66. The maximum absolute atomic E-state index is 11.8. The van der Waals surface area contributed by atoms with Crippen molar-refractivity contribution in [2.45, 2.75) is 52.1 Å². The van der Waals surface area contributed by atoms with Gasteiger partial charge in [0.05, 0.1) is 5.52 Å². The van der Waals surface area contributed by atoms with Gasteiger partial charge in [-0.2, -0.15) is 0 Å². The van der Waals surface area contributed by atoms with Gasteiger partial charge in [0.2, 0.25) is 0 Å². The number of nitrogens with zero attached hydrogens (tertiary/aromatic N) is 1. The van der Waals surface area contributed by atoms with Crippen molar-refractivity contribution in [1.82, 2.24) is 9.88 Å². The zero-order valence-electron chi connectivity index (χ0n) is 12.9. The minimum atomic E-state index is -0.261. The summed E-state index contributed by atoms with van der Waals surface area (Å²) < 4.78 is 7.06. The lowest BCUT2D eigenvalue weighted by molar-refractivity contribution is 0.262. The van der Waals surface area contributed by atoms with Crippen LogP contribution in [0.2, 0.25) is 0 Å². The van der Waals surface area contributed by atoms with Crippen LogP contribution < -0.4 is 11.1 Å². The molecule has 1 aromatic carbocycles. The van der Waals surface area contributed by atoms with Gasteiger partial charge >= 0.3 is 5.76 Å². The number of oxazole rings is 1. The van der Waals surface area contributed by atoms with Gasteiger partial charge < -0.3 is 9.73 Å². The van der Waals surface area contributed by atoms with Crippen molar-refractivity contribution >= 4 is 11.1 Å². The van der Waals surface area contributed by atoms with E-state index in [4.69, 9.17) is 4.42 Å². The summed E-state index contributed by atoms with van der Waals surface area (Å²) in [6.07, 6.45) is 5.26. The van der Waals surface area contributed by atoms with Crippen LogP contribution >= 0.6 is 0 Å². The zero-order valence-corrected chi connectivity index (χ0v) is 12.9. The zero-order chi connectivity index (χ0) is 14.8. The number of hydrogen-bond donors (Lipinski definition) is 1. The standard InChI is InChI=1S/C17H24N2O2/c1-3-18-14(10-12-6-5-7-12)13-8-9-15-16(11-13)21-17(20)19(15)4-2/h8-9,11-12,14,18H,3-7,10H2,1-2H3. The Morgan fingerprint density at radius 3 is 2.81 bits per heavy atom. The van der Waals surface area contributed by atoms with Crippen LogP contribution in [0.3, 0.4) is 0 Å². The van der Waals surface area contributed by atoms with Crippen LogP contribution in [-0.2, 0) is 6.54 Å². The molecule has 0 bridgehead atoms. The molecule has 1 atom stereocenters. The van der Waals surface area contributed by atoms with Crippen LogP contribution in [0.4, 0.5) is 0 Å². The number of aromatic nitrogens is 1. The SMILES string of the molecule is CCNC(CC1CCC1)c1ccc2c(c1)oc(=O)n2CC. The van der Waals surface area contributed by atoms with E-state index in [-0.39, 0.29) is 5.76 Å². The van der Waals surface area contributed by atoms with Gasteiger partial charge in [0.25, 0.3) is 0 Å². The Morgan fingerprint density at radius 1 is 1.38 bits per heavy atom. The van der Waals surface area contributed by atoms with E-state index in [1.807, 2.05) is 19.1 Å². The molecule has 0 saturated heterocycles. The lowest BCUT2D eigenvalue weighted by atomic mass is 9.79. The summed E-state index contributed by atoms with van der Waals surface area (Å²) in [5.41, 5.74) is 2.83. The molecule has 1 aliphatic rings. The van der Waals surface area contributed by atoms with Crippen molar-refractivity contribution < 1.29 is 4.42 Å². The molecule has 114 valence electrons. The van der Waals surface area contributed by atoms with Crippen LogP contribution in [0, 0.1) is 5.92 Å². The molecule has 21 heavy (non-hydrogen) atoms. The molecule has 1 N–H and O–H groups in total. The number of hydrogen-bond acceptors (Lipinski definition) is 3. The van der Waals surface area contributed by atoms with E-state index in [2.05, 4.69) is 18.3 Å². The summed E-state index contributed by atoms with van der Waals surface area (Å²) in [5, 5.41) is 3.57. The summed E-state index contributed by atoms with van der Waals surface area (Å²) in [7, 11) is 0. The summed E-state index contributed by atoms with van der Waals surface area (Å²) >= 11 is 0. The molecule has 4 heteroatoms. The van der Waals surface area contributed by atoms with Crippen molar-refractivity contribution in [3.63, 3.8) is 0 Å². The Kier molecular flexibility index (Phi) is 4.15. The number of rotatable bonds is 6. The molecule has 1 heterocycles. The quantitative estimate of drug-likeness (QED) is 0.885. The molecule has 1 unspecified atom stereocenters. The Morgan fingerprint density at radius 2 is 2.19 bits per heavy atom. The first-order valence-electron chi connectivity index (χ1n) is 8.09. The van der Waals surface area contributed by atoms with Gasteiger partial charge in [0, 0.05) is 12.6 Å². The Hall–Kier alpha value is -1.55. The molecule has 1 fully saturated rings. The van der Waals surface area contributed by atoms with Crippen molar-refractivity contribution in [2.75, 3.05) is 6.54 Å². The average Bonchev–Trinajstić information content (AvgIpc) is 2.75. The first kappa shape index (κ1) is 14.4. The van der Waals surface area contributed by atoms with Gasteiger partial charge in [-0.15, -0.1) is 0 Å². The molecule has 3 rings (SSSR count). The first-order chi connectivity index (χ1) is 10.2. The largest absolute Gasteiger partial charge is 0.419 e. The van der Waals surface area contributed by atoms with E-state index in [0.29, 0.717) is 18.2 Å². The second kappa shape index (κ2) is 6.06. The fraction of sp³-hybridized carbons (Fsp3) is 0.588. The lowest BCUT2D eigenvalue weighted by Gasteiger charge is -2.30. The van der Waals surface area contributed by atoms with E-state index in [1.54, 1.807) is 4.57 Å². The van der Waals surface area contributed by atoms with Crippen molar-refractivity contribution in [3.05, 3.63) is 34.3 Å². The predicted molar refractivity (Wildman–Crippen MR) is 84.5 cm³/mol. The first-order valence-corrected chi connectivity index (χ1v) is 8.09. The van der Waals surface area contributed by atoms with E-state index in [0.717, 1.165) is 18.0 Å². The Balaban J connectivity index is 1.91. The molecule has 1 aliphatic carbocycles. The summed E-state index contributed by atoms with van der Waals surface area (Å²) in [5.74, 6) is 0.584. The molecule has 0 amide bonds. The van der Waals surface area contributed by atoms with Crippen LogP contribution in [0.25, 0.3) is 11.1 Å². The summed E-state index contributed by atoms with van der Waals surface area (Å²) in [6, 6.07) is 6.55. The second-order valence-electron chi connectivity index (χ2n) is 5.98. The number of benzene rings is 1. The van der Waals surface area contributed by atoms with Crippen molar-refractivity contribution in [2.24, 2.45) is 5.92 Å². The minimum absolute atomic E-state index is 0.261. The maximum atomic E-state index is 11.8. The van der Waals surface area contributed by atoms with Crippen LogP contribution in [0.1, 0.15) is 51.1 Å². The third kappa shape index (κ3) is 2.77. The molecular weight excluding hydrogens is 264 g/mol. The van der Waals surface area contributed by atoms with E-state index in [9.17, 15) is 4.79 Å². The highest BCUT2D eigenvalue weighted by atomic mass is 16.4. The summed E-state index contributed by atoms with van der Waals surface area (Å²) in [6.45, 7) is 5.70. The van der Waals surface area contributed by atoms with E-state index >= 15 is 0 Å². The fourth-order valence-corrected chi connectivity index (χ4v) is 3.24. The van der Waals surface area contributed by atoms with E-state index < -0.39 is 0 Å². The Labute approximate surface area is 125 Å². The van der Waals surface area contributed by atoms with Gasteiger partial charge in [-0.1, -0.05) is 32.3 Å². The van der Waals surface area contributed by atoms with Gasteiger partial charge in [0.15, 0.2) is 5.58 Å². The molecule has 1 aromatic heterocycles. The highest BCUT2D eigenvalue weighted by Gasteiger charge is 2.23. The average molecular weight is 288 g/mol. The highest BCUT2D eigenvalue weighted by molar-refractivity contribution is 5.73. The number of aryl methyl sites for hydroxylation is 1. The van der Waals surface area contributed by atoms with Crippen molar-refractivity contribution in [3.8, 4) is 0 Å². The van der Waals surface area contributed by atoms with Gasteiger partial charge in [-0.3, -0.25) is 4.57 Å². The van der Waals surface area contributed by atoms with Gasteiger partial charge in [-0.05, 0) is 43.5 Å². The molecule has 4 nitrogen and oxygen atoms in total. The predicted octanol–water partition coefficient (Wildman–Crippen LogP) is 3.46. The van der Waals surface area contributed by atoms with Gasteiger partial charge in [-0.25, -0.2) is 4.79 Å². The van der Waals surface area contributed by atoms with Crippen LogP contribution in [0.15, 0.2) is 27.4 Å². The number of fused-ring (bicyclic) bond motifs is 1. The van der Waals surface area contributed by atoms with Crippen LogP contribution in [-0.4, -0.2) is 11.1 Å². The molecule has 0 spiro atoms. The lowest BCUT2D eigenvalue weighted by Crippen LogP contribution is -2.25. The summed E-state index contributed by atoms with van der Waals surface area (Å²) in [4.78, 5) is 11.8. The van der Waals surface area contributed by atoms with Crippen molar-refractivity contribution in [1.29, 1.82) is 0 Å².